The number of likely N-dealkylation sites (tertiary alicyclic amines) is 1. The van der Waals surface area contributed by atoms with Gasteiger partial charge >= 0.3 is 5.97 Å². The van der Waals surface area contributed by atoms with Crippen molar-refractivity contribution in [1.29, 1.82) is 0 Å². The Morgan fingerprint density at radius 3 is 2.81 bits per heavy atom. The number of nitrogens with zero attached hydrogens (tertiary/aromatic N) is 1. The molecule has 2 heterocycles. The fourth-order valence-corrected chi connectivity index (χ4v) is 3.88. The van der Waals surface area contributed by atoms with E-state index in [1.807, 2.05) is 34.5 Å². The van der Waals surface area contributed by atoms with E-state index < -0.39 is 6.04 Å². The van der Waals surface area contributed by atoms with Gasteiger partial charge in [-0.3, -0.25) is 14.4 Å². The van der Waals surface area contributed by atoms with Gasteiger partial charge in [0.1, 0.15) is 0 Å². The molecule has 1 aliphatic heterocycles. The molecule has 0 aliphatic carbocycles. The van der Waals surface area contributed by atoms with E-state index in [1.165, 1.54) is 18.4 Å². The third-order valence-electron chi connectivity index (χ3n) is 4.52. The average molecular weight is 386 g/mol. The summed E-state index contributed by atoms with van der Waals surface area (Å²) in [5.41, 5.74) is 1.42. The van der Waals surface area contributed by atoms with Crippen LogP contribution in [0.2, 0.25) is 0 Å². The van der Waals surface area contributed by atoms with Crippen LogP contribution in [0.3, 0.4) is 0 Å². The van der Waals surface area contributed by atoms with Gasteiger partial charge in [-0.25, -0.2) is 0 Å². The van der Waals surface area contributed by atoms with E-state index in [0.717, 1.165) is 23.4 Å². The van der Waals surface area contributed by atoms with Crippen LogP contribution in [-0.4, -0.2) is 36.3 Å². The number of methoxy groups -OCH3 is 1. The summed E-state index contributed by atoms with van der Waals surface area (Å²) < 4.78 is 4.75. The molecular weight excluding hydrogens is 364 g/mol. The first-order chi connectivity index (χ1) is 13.1. The zero-order valence-corrected chi connectivity index (χ0v) is 16.0. The van der Waals surface area contributed by atoms with E-state index in [-0.39, 0.29) is 24.2 Å². The molecule has 1 atom stereocenters. The molecule has 1 aromatic heterocycles. The van der Waals surface area contributed by atoms with Crippen molar-refractivity contribution in [3.63, 3.8) is 0 Å². The van der Waals surface area contributed by atoms with Crippen molar-refractivity contribution in [2.45, 2.75) is 31.8 Å². The lowest BCUT2D eigenvalue weighted by Crippen LogP contribution is -2.30. The summed E-state index contributed by atoms with van der Waals surface area (Å²) in [6, 6.07) is 10.6. The van der Waals surface area contributed by atoms with Crippen LogP contribution in [0.4, 0.5) is 0 Å². The molecule has 1 aliphatic rings. The van der Waals surface area contributed by atoms with Gasteiger partial charge in [-0.05, 0) is 35.6 Å². The van der Waals surface area contributed by atoms with Crippen molar-refractivity contribution in [1.82, 2.24) is 10.2 Å². The zero-order valence-electron chi connectivity index (χ0n) is 15.1. The molecule has 1 fully saturated rings. The van der Waals surface area contributed by atoms with Gasteiger partial charge in [-0.15, -0.1) is 11.3 Å². The van der Waals surface area contributed by atoms with Crippen molar-refractivity contribution in [2.75, 3.05) is 13.7 Å². The standard InChI is InChI=1S/C20H22N2O4S/c1-26-19(24)12-16(17-7-4-10-27-17)21-20(25)15-6-2-5-14(11-15)13-22-9-3-8-18(22)23/h2,4-7,10-11,16H,3,8-9,12-13H2,1H3,(H,21,25). The molecule has 3 rings (SSSR count). The predicted molar refractivity (Wildman–Crippen MR) is 102 cm³/mol. The summed E-state index contributed by atoms with van der Waals surface area (Å²) >= 11 is 1.48. The lowest BCUT2D eigenvalue weighted by molar-refractivity contribution is -0.141. The number of hydrogen-bond donors (Lipinski definition) is 1. The second kappa shape index (κ2) is 8.81. The summed E-state index contributed by atoms with van der Waals surface area (Å²) in [6.07, 6.45) is 1.55. The highest BCUT2D eigenvalue weighted by Gasteiger charge is 2.22. The summed E-state index contributed by atoms with van der Waals surface area (Å²) in [4.78, 5) is 39.0. The minimum Gasteiger partial charge on any atom is -0.469 e. The van der Waals surface area contributed by atoms with Crippen molar-refractivity contribution in [3.8, 4) is 0 Å². The first kappa shape index (κ1) is 19.1. The van der Waals surface area contributed by atoms with E-state index in [4.69, 9.17) is 4.74 Å². The van der Waals surface area contributed by atoms with Crippen molar-refractivity contribution in [3.05, 3.63) is 57.8 Å². The third-order valence-corrected chi connectivity index (χ3v) is 5.51. The number of rotatable bonds is 7. The summed E-state index contributed by atoms with van der Waals surface area (Å²) in [5, 5.41) is 4.82. The maximum absolute atomic E-state index is 12.7. The van der Waals surface area contributed by atoms with Gasteiger partial charge in [0.15, 0.2) is 0 Å². The van der Waals surface area contributed by atoms with Crippen LogP contribution in [0.5, 0.6) is 0 Å². The molecule has 2 amide bonds. The lowest BCUT2D eigenvalue weighted by atomic mass is 10.1. The maximum Gasteiger partial charge on any atom is 0.307 e. The largest absolute Gasteiger partial charge is 0.469 e. The number of amides is 2. The number of carbonyl (C=O) groups is 3. The number of benzene rings is 1. The van der Waals surface area contributed by atoms with Crippen LogP contribution in [-0.2, 0) is 20.9 Å². The highest BCUT2D eigenvalue weighted by molar-refractivity contribution is 7.10. The number of nitrogens with one attached hydrogen (secondary N) is 1. The van der Waals surface area contributed by atoms with Crippen LogP contribution in [0, 0.1) is 0 Å². The predicted octanol–water partition coefficient (Wildman–Crippen LogP) is 2.90. The minimum atomic E-state index is -0.436. The molecule has 0 bridgehead atoms. The van der Waals surface area contributed by atoms with Gasteiger partial charge in [0, 0.05) is 30.0 Å². The zero-order chi connectivity index (χ0) is 19.2. The fourth-order valence-electron chi connectivity index (χ4n) is 3.11. The number of thiophene rings is 1. The van der Waals surface area contributed by atoms with Gasteiger partial charge in [-0.2, -0.15) is 0 Å². The van der Waals surface area contributed by atoms with Crippen molar-refractivity contribution in [2.24, 2.45) is 0 Å². The minimum absolute atomic E-state index is 0.0741. The van der Waals surface area contributed by atoms with E-state index in [1.54, 1.807) is 12.1 Å². The van der Waals surface area contributed by atoms with Gasteiger partial charge in [0.2, 0.25) is 5.91 Å². The average Bonchev–Trinajstić information content (AvgIpc) is 3.34. The molecule has 0 saturated carbocycles. The fraction of sp³-hybridized carbons (Fsp3) is 0.350. The molecule has 1 unspecified atom stereocenters. The number of ether oxygens (including phenoxy) is 1. The Balaban J connectivity index is 1.71. The molecule has 1 saturated heterocycles. The van der Waals surface area contributed by atoms with Crippen molar-refractivity contribution < 1.29 is 19.1 Å². The number of esters is 1. The second-order valence-corrected chi connectivity index (χ2v) is 7.42. The monoisotopic (exact) mass is 386 g/mol. The van der Waals surface area contributed by atoms with Gasteiger partial charge in [0.05, 0.1) is 19.6 Å². The number of carbonyl (C=O) groups excluding carboxylic acids is 3. The normalized spacial score (nSPS) is 14.9. The van der Waals surface area contributed by atoms with Crippen LogP contribution in [0.25, 0.3) is 0 Å². The molecule has 0 radical (unpaired) electrons. The molecule has 0 spiro atoms. The van der Waals surface area contributed by atoms with Gasteiger partial charge in [0.25, 0.3) is 5.91 Å². The molecule has 142 valence electrons. The SMILES string of the molecule is COC(=O)CC(NC(=O)c1cccc(CN2CCCC2=O)c1)c1cccs1. The van der Waals surface area contributed by atoms with Crippen molar-refractivity contribution >= 4 is 29.1 Å². The third kappa shape index (κ3) is 4.95. The molecule has 2 aromatic rings. The molecule has 27 heavy (non-hydrogen) atoms. The first-order valence-corrected chi connectivity index (χ1v) is 9.72. The Hall–Kier alpha value is -2.67. The quantitative estimate of drug-likeness (QED) is 0.743. The van der Waals surface area contributed by atoms with E-state index in [0.29, 0.717) is 18.5 Å². The highest BCUT2D eigenvalue weighted by Crippen LogP contribution is 2.23. The molecular formula is C20H22N2O4S. The number of hydrogen-bond acceptors (Lipinski definition) is 5. The molecule has 1 N–H and O–H groups in total. The van der Waals surface area contributed by atoms with E-state index >= 15 is 0 Å². The van der Waals surface area contributed by atoms with E-state index in [2.05, 4.69) is 5.32 Å². The Kier molecular flexibility index (Phi) is 6.24. The van der Waals surface area contributed by atoms with Crippen LogP contribution < -0.4 is 5.32 Å². The van der Waals surface area contributed by atoms with Gasteiger partial charge < -0.3 is 15.0 Å². The molecule has 7 heteroatoms. The summed E-state index contributed by atoms with van der Waals surface area (Å²) in [5.74, 6) is -0.484. The van der Waals surface area contributed by atoms with Crippen LogP contribution in [0.15, 0.2) is 41.8 Å². The highest BCUT2D eigenvalue weighted by atomic mass is 32.1. The van der Waals surface area contributed by atoms with Crippen LogP contribution in [0.1, 0.15) is 46.1 Å². The Morgan fingerprint density at radius 2 is 2.15 bits per heavy atom. The smallest absolute Gasteiger partial charge is 0.307 e. The topological polar surface area (TPSA) is 75.7 Å². The Morgan fingerprint density at radius 1 is 1.30 bits per heavy atom. The summed E-state index contributed by atoms with van der Waals surface area (Å²) in [6.45, 7) is 1.27. The van der Waals surface area contributed by atoms with E-state index in [9.17, 15) is 14.4 Å². The van der Waals surface area contributed by atoms with Crippen LogP contribution >= 0.6 is 11.3 Å². The summed E-state index contributed by atoms with van der Waals surface area (Å²) in [7, 11) is 1.33. The Bertz CT molecular complexity index is 819. The molecule has 6 nitrogen and oxygen atoms in total. The second-order valence-electron chi connectivity index (χ2n) is 6.44. The molecule has 1 aromatic carbocycles. The maximum atomic E-state index is 12.7. The lowest BCUT2D eigenvalue weighted by Gasteiger charge is -2.18. The first-order valence-electron chi connectivity index (χ1n) is 8.84. The van der Waals surface area contributed by atoms with Gasteiger partial charge in [-0.1, -0.05) is 18.2 Å². The Labute approximate surface area is 162 Å².